The quantitative estimate of drug-likeness (QED) is 0.825. The van der Waals surface area contributed by atoms with Gasteiger partial charge < -0.3 is 10.0 Å². The van der Waals surface area contributed by atoms with Gasteiger partial charge in [-0.15, -0.1) is 11.8 Å². The molecule has 4 nitrogen and oxygen atoms in total. The molecule has 1 aliphatic heterocycles. The number of rotatable bonds is 4. The summed E-state index contributed by atoms with van der Waals surface area (Å²) >= 11 is 4.89. The van der Waals surface area contributed by atoms with Crippen molar-refractivity contribution >= 4 is 39.6 Å². The van der Waals surface area contributed by atoms with E-state index in [1.165, 1.54) is 11.8 Å². The number of benzene rings is 1. The molecule has 1 N–H and O–H groups in total. The van der Waals surface area contributed by atoms with Gasteiger partial charge in [0.1, 0.15) is 0 Å². The molecule has 1 aromatic carbocycles. The Hall–Kier alpha value is -1.01. The molecule has 1 saturated heterocycles. The summed E-state index contributed by atoms with van der Waals surface area (Å²) in [6.45, 7) is 4.62. The molecular weight excluding hydrogens is 354 g/mol. The van der Waals surface area contributed by atoms with E-state index in [-0.39, 0.29) is 5.91 Å². The van der Waals surface area contributed by atoms with Crippen LogP contribution in [0, 0.1) is 5.92 Å². The van der Waals surface area contributed by atoms with Gasteiger partial charge in [-0.25, -0.2) is 0 Å². The molecule has 1 amide bonds. The van der Waals surface area contributed by atoms with Crippen molar-refractivity contribution in [2.45, 2.75) is 29.9 Å². The minimum atomic E-state index is -0.816. The summed E-state index contributed by atoms with van der Waals surface area (Å²) in [7, 11) is 0. The Morgan fingerprint density at radius 3 is 2.48 bits per heavy atom. The lowest BCUT2D eigenvalue weighted by atomic mass is 10.1. The molecule has 0 aliphatic carbocycles. The lowest BCUT2D eigenvalue weighted by Gasteiger charge is -2.28. The van der Waals surface area contributed by atoms with Gasteiger partial charge in [-0.05, 0) is 44.5 Å². The highest BCUT2D eigenvalue weighted by Gasteiger charge is 2.38. The van der Waals surface area contributed by atoms with Crippen molar-refractivity contribution in [2.75, 3.05) is 13.1 Å². The van der Waals surface area contributed by atoms with Crippen molar-refractivity contribution in [3.8, 4) is 0 Å². The first-order valence-corrected chi connectivity index (χ1v) is 8.37. The van der Waals surface area contributed by atoms with Gasteiger partial charge in [0.15, 0.2) is 0 Å². The Balaban J connectivity index is 2.03. The van der Waals surface area contributed by atoms with E-state index >= 15 is 0 Å². The number of carboxylic acid groups (broad SMARTS) is 1. The Morgan fingerprint density at radius 2 is 1.95 bits per heavy atom. The number of carbonyl (C=O) groups excluding carboxylic acids is 1. The molecule has 0 saturated carbocycles. The van der Waals surface area contributed by atoms with Gasteiger partial charge >= 0.3 is 5.97 Å². The standard InChI is InChI=1S/C15H18BrNO3S/c1-15(2,21-12-5-3-11(16)4-6-12)14(20)17-8-7-10(9-17)13(18)19/h3-6,10H,7-9H2,1-2H3,(H,18,19). The number of carbonyl (C=O) groups is 2. The van der Waals surface area contributed by atoms with Crippen LogP contribution in [0.15, 0.2) is 33.6 Å². The third-order valence-corrected chi connectivity index (χ3v) is 5.25. The lowest BCUT2D eigenvalue weighted by molar-refractivity contribution is -0.141. The van der Waals surface area contributed by atoms with Crippen LogP contribution < -0.4 is 0 Å². The number of hydrogen-bond acceptors (Lipinski definition) is 3. The van der Waals surface area contributed by atoms with E-state index in [0.717, 1.165) is 9.37 Å². The van der Waals surface area contributed by atoms with Crippen LogP contribution in [-0.2, 0) is 9.59 Å². The van der Waals surface area contributed by atoms with Crippen LogP contribution in [0.4, 0.5) is 0 Å². The van der Waals surface area contributed by atoms with Crippen LogP contribution in [0.3, 0.4) is 0 Å². The van der Waals surface area contributed by atoms with Gasteiger partial charge in [-0.3, -0.25) is 9.59 Å². The fourth-order valence-electron chi connectivity index (χ4n) is 2.37. The van der Waals surface area contributed by atoms with E-state index in [2.05, 4.69) is 15.9 Å². The summed E-state index contributed by atoms with van der Waals surface area (Å²) in [5.41, 5.74) is 0. The largest absolute Gasteiger partial charge is 0.481 e. The summed E-state index contributed by atoms with van der Waals surface area (Å²) in [5, 5.41) is 9.03. The third-order valence-electron chi connectivity index (χ3n) is 3.53. The normalized spacial score (nSPS) is 18.8. The molecule has 1 fully saturated rings. The van der Waals surface area contributed by atoms with E-state index in [9.17, 15) is 9.59 Å². The Morgan fingerprint density at radius 1 is 1.33 bits per heavy atom. The van der Waals surface area contributed by atoms with Crippen molar-refractivity contribution in [1.29, 1.82) is 0 Å². The first-order valence-electron chi connectivity index (χ1n) is 6.76. The first-order chi connectivity index (χ1) is 9.79. The molecule has 1 unspecified atom stereocenters. The topological polar surface area (TPSA) is 57.6 Å². The van der Waals surface area contributed by atoms with Crippen molar-refractivity contribution < 1.29 is 14.7 Å². The van der Waals surface area contributed by atoms with Gasteiger partial charge in [-0.2, -0.15) is 0 Å². The summed E-state index contributed by atoms with van der Waals surface area (Å²) in [5.74, 6) is -1.25. The Bertz CT molecular complexity index is 544. The number of thioether (sulfide) groups is 1. The zero-order valence-electron chi connectivity index (χ0n) is 12.0. The van der Waals surface area contributed by atoms with Crippen molar-refractivity contribution in [3.05, 3.63) is 28.7 Å². The van der Waals surface area contributed by atoms with E-state index in [4.69, 9.17) is 5.11 Å². The lowest BCUT2D eigenvalue weighted by Crippen LogP contribution is -2.42. The van der Waals surface area contributed by atoms with Gasteiger partial charge in [0, 0.05) is 22.5 Å². The number of halogens is 1. The molecule has 6 heteroatoms. The number of aliphatic carboxylic acids is 1. The number of hydrogen-bond donors (Lipinski definition) is 1. The van der Waals surface area contributed by atoms with Crippen LogP contribution >= 0.6 is 27.7 Å². The van der Waals surface area contributed by atoms with E-state index in [0.29, 0.717) is 19.5 Å². The minimum absolute atomic E-state index is 0.000770. The fourth-order valence-corrected chi connectivity index (χ4v) is 3.71. The number of likely N-dealkylation sites (tertiary alicyclic amines) is 1. The maximum Gasteiger partial charge on any atom is 0.308 e. The molecule has 1 atom stereocenters. The van der Waals surface area contributed by atoms with Gasteiger partial charge in [-0.1, -0.05) is 15.9 Å². The second-order valence-electron chi connectivity index (χ2n) is 5.64. The van der Waals surface area contributed by atoms with Gasteiger partial charge in [0.25, 0.3) is 0 Å². The fraction of sp³-hybridized carbons (Fsp3) is 0.467. The average Bonchev–Trinajstić information content (AvgIpc) is 2.90. The number of amides is 1. The highest BCUT2D eigenvalue weighted by atomic mass is 79.9. The van der Waals surface area contributed by atoms with Crippen LogP contribution in [0.1, 0.15) is 20.3 Å². The summed E-state index contributed by atoms with van der Waals surface area (Å²) < 4.78 is 0.390. The smallest absolute Gasteiger partial charge is 0.308 e. The van der Waals surface area contributed by atoms with Gasteiger partial charge in [0.05, 0.1) is 10.7 Å². The van der Waals surface area contributed by atoms with Crippen molar-refractivity contribution in [2.24, 2.45) is 5.92 Å². The Kier molecular flexibility index (Phi) is 4.99. The highest BCUT2D eigenvalue weighted by Crippen LogP contribution is 2.35. The average molecular weight is 372 g/mol. The molecule has 1 heterocycles. The van der Waals surface area contributed by atoms with E-state index in [1.54, 1.807) is 4.90 Å². The molecule has 0 aromatic heterocycles. The first kappa shape index (κ1) is 16.4. The third kappa shape index (κ3) is 4.01. The summed E-state index contributed by atoms with van der Waals surface area (Å²) in [6, 6.07) is 7.82. The SMILES string of the molecule is CC(C)(Sc1ccc(Br)cc1)C(=O)N1CCC(C(=O)O)C1. The molecule has 114 valence electrons. The zero-order valence-corrected chi connectivity index (χ0v) is 14.4. The molecular formula is C15H18BrNO3S. The highest BCUT2D eigenvalue weighted by molar-refractivity contribution is 9.10. The second-order valence-corrected chi connectivity index (χ2v) is 8.25. The van der Waals surface area contributed by atoms with Crippen LogP contribution in [0.2, 0.25) is 0 Å². The maximum atomic E-state index is 12.6. The molecule has 0 bridgehead atoms. The zero-order chi connectivity index (χ0) is 15.6. The molecule has 0 spiro atoms. The monoisotopic (exact) mass is 371 g/mol. The van der Waals surface area contributed by atoms with E-state index < -0.39 is 16.6 Å². The predicted octanol–water partition coefficient (Wildman–Crippen LogP) is 3.25. The predicted molar refractivity (Wildman–Crippen MR) is 86.4 cm³/mol. The maximum absolute atomic E-state index is 12.6. The molecule has 0 radical (unpaired) electrons. The summed E-state index contributed by atoms with van der Waals surface area (Å²) in [4.78, 5) is 26.3. The Labute approximate surface area is 137 Å². The van der Waals surface area contributed by atoms with Crippen LogP contribution in [0.5, 0.6) is 0 Å². The van der Waals surface area contributed by atoms with E-state index in [1.807, 2.05) is 38.1 Å². The second kappa shape index (κ2) is 6.40. The van der Waals surface area contributed by atoms with Crippen molar-refractivity contribution in [3.63, 3.8) is 0 Å². The summed E-state index contributed by atoms with van der Waals surface area (Å²) in [6.07, 6.45) is 0.542. The molecule has 1 aliphatic rings. The minimum Gasteiger partial charge on any atom is -0.481 e. The number of nitrogens with zero attached hydrogens (tertiary/aromatic N) is 1. The van der Waals surface area contributed by atoms with Crippen LogP contribution in [-0.4, -0.2) is 39.7 Å². The molecule has 2 rings (SSSR count). The van der Waals surface area contributed by atoms with Crippen LogP contribution in [0.25, 0.3) is 0 Å². The van der Waals surface area contributed by atoms with Crippen molar-refractivity contribution in [1.82, 2.24) is 4.90 Å². The van der Waals surface area contributed by atoms with Gasteiger partial charge in [0.2, 0.25) is 5.91 Å². The molecule has 1 aromatic rings. The number of carboxylic acids is 1. The molecule has 21 heavy (non-hydrogen) atoms.